The first kappa shape index (κ1) is 13.8. The summed E-state index contributed by atoms with van der Waals surface area (Å²) in [5.41, 5.74) is 1.17. The topological polar surface area (TPSA) is 37.3 Å². The second-order valence-corrected chi connectivity index (χ2v) is 4.77. The molecule has 2 aromatic rings. The quantitative estimate of drug-likeness (QED) is 0.910. The number of halogens is 3. The van der Waals surface area contributed by atoms with Crippen molar-refractivity contribution in [2.45, 2.75) is 6.42 Å². The van der Waals surface area contributed by atoms with Gasteiger partial charge in [0.05, 0.1) is 16.5 Å². The Morgan fingerprint density at radius 1 is 1.16 bits per heavy atom. The van der Waals surface area contributed by atoms with Crippen molar-refractivity contribution in [1.29, 1.82) is 0 Å². The van der Waals surface area contributed by atoms with Crippen LogP contribution in [0.4, 0.5) is 4.39 Å². The van der Waals surface area contributed by atoms with Crippen LogP contribution in [0, 0.1) is 5.82 Å². The Labute approximate surface area is 119 Å². The van der Waals surface area contributed by atoms with Gasteiger partial charge in [-0.1, -0.05) is 47.5 Å². The van der Waals surface area contributed by atoms with Crippen molar-refractivity contribution < 1.29 is 14.3 Å². The molecule has 2 aromatic carbocycles. The molecule has 0 bridgehead atoms. The maximum absolute atomic E-state index is 14.0. The van der Waals surface area contributed by atoms with E-state index in [4.69, 9.17) is 28.3 Å². The van der Waals surface area contributed by atoms with Crippen molar-refractivity contribution in [3.8, 4) is 11.1 Å². The van der Waals surface area contributed by atoms with E-state index in [2.05, 4.69) is 0 Å². The van der Waals surface area contributed by atoms with Crippen LogP contribution in [0.25, 0.3) is 11.1 Å². The maximum Gasteiger partial charge on any atom is 0.307 e. The van der Waals surface area contributed by atoms with Crippen LogP contribution in [0.2, 0.25) is 10.0 Å². The number of benzene rings is 2. The first-order valence-corrected chi connectivity index (χ1v) is 6.19. The van der Waals surface area contributed by atoms with Gasteiger partial charge in [0, 0.05) is 11.1 Å². The Kier molecular flexibility index (Phi) is 4.08. The summed E-state index contributed by atoms with van der Waals surface area (Å²) in [7, 11) is 0. The van der Waals surface area contributed by atoms with E-state index >= 15 is 0 Å². The molecule has 0 aliphatic rings. The fourth-order valence-corrected chi connectivity index (χ4v) is 2.18. The molecule has 0 aromatic heterocycles. The molecule has 0 aliphatic heterocycles. The summed E-state index contributed by atoms with van der Waals surface area (Å²) in [5.74, 6) is -1.53. The molecule has 0 atom stereocenters. The zero-order valence-corrected chi connectivity index (χ0v) is 11.2. The molecule has 0 radical (unpaired) electrons. The van der Waals surface area contributed by atoms with Crippen LogP contribution < -0.4 is 0 Å². The van der Waals surface area contributed by atoms with E-state index in [1.807, 2.05) is 0 Å². The average Bonchev–Trinajstić information content (AvgIpc) is 2.33. The normalized spacial score (nSPS) is 10.5. The van der Waals surface area contributed by atoms with Crippen molar-refractivity contribution in [2.24, 2.45) is 0 Å². The Morgan fingerprint density at radius 2 is 1.89 bits per heavy atom. The number of rotatable bonds is 3. The van der Waals surface area contributed by atoms with Gasteiger partial charge in [0.2, 0.25) is 0 Å². The Hall–Kier alpha value is -1.58. The van der Waals surface area contributed by atoms with Crippen molar-refractivity contribution in [2.75, 3.05) is 0 Å². The van der Waals surface area contributed by atoms with Gasteiger partial charge in [-0.05, 0) is 17.7 Å². The first-order chi connectivity index (χ1) is 8.99. The standard InChI is InChI=1S/C14H9Cl2FO2/c15-11-3-1-2-10(14(11)16)9-5-4-8(6-12(9)17)7-13(18)19/h1-6H,7H2,(H,18,19). The third kappa shape index (κ3) is 3.06. The molecule has 1 N–H and O–H groups in total. The van der Waals surface area contributed by atoms with Crippen molar-refractivity contribution in [3.63, 3.8) is 0 Å². The van der Waals surface area contributed by atoms with Gasteiger partial charge in [-0.3, -0.25) is 4.79 Å². The zero-order valence-electron chi connectivity index (χ0n) is 9.66. The predicted molar refractivity (Wildman–Crippen MR) is 73.2 cm³/mol. The third-order valence-corrected chi connectivity index (χ3v) is 3.45. The summed E-state index contributed by atoms with van der Waals surface area (Å²) in [6, 6.07) is 9.21. The number of hydrogen-bond acceptors (Lipinski definition) is 1. The summed E-state index contributed by atoms with van der Waals surface area (Å²) < 4.78 is 14.0. The molecule has 0 amide bonds. The van der Waals surface area contributed by atoms with E-state index in [0.29, 0.717) is 21.7 Å². The van der Waals surface area contributed by atoms with Gasteiger partial charge in [0.25, 0.3) is 0 Å². The number of carboxylic acid groups (broad SMARTS) is 1. The molecular weight excluding hydrogens is 290 g/mol. The van der Waals surface area contributed by atoms with Crippen molar-refractivity contribution in [1.82, 2.24) is 0 Å². The highest BCUT2D eigenvalue weighted by Gasteiger charge is 2.12. The SMILES string of the molecule is O=C(O)Cc1ccc(-c2cccc(Cl)c2Cl)c(F)c1. The van der Waals surface area contributed by atoms with Crippen LogP contribution in [0.3, 0.4) is 0 Å². The minimum absolute atomic E-state index is 0.222. The monoisotopic (exact) mass is 298 g/mol. The van der Waals surface area contributed by atoms with E-state index in [9.17, 15) is 9.18 Å². The first-order valence-electron chi connectivity index (χ1n) is 5.43. The van der Waals surface area contributed by atoms with Crippen LogP contribution in [-0.4, -0.2) is 11.1 Å². The van der Waals surface area contributed by atoms with Gasteiger partial charge in [0.15, 0.2) is 0 Å². The van der Waals surface area contributed by atoms with Crippen LogP contribution >= 0.6 is 23.2 Å². The molecule has 0 saturated carbocycles. The largest absolute Gasteiger partial charge is 0.481 e. The van der Waals surface area contributed by atoms with Gasteiger partial charge >= 0.3 is 5.97 Å². The van der Waals surface area contributed by atoms with Crippen LogP contribution in [0.1, 0.15) is 5.56 Å². The lowest BCUT2D eigenvalue weighted by molar-refractivity contribution is -0.136. The van der Waals surface area contributed by atoms with Crippen LogP contribution in [0.5, 0.6) is 0 Å². The van der Waals surface area contributed by atoms with Gasteiger partial charge in [-0.25, -0.2) is 4.39 Å². The maximum atomic E-state index is 14.0. The second kappa shape index (κ2) is 5.59. The Balaban J connectivity index is 2.46. The summed E-state index contributed by atoms with van der Waals surface area (Å²) >= 11 is 11.9. The summed E-state index contributed by atoms with van der Waals surface area (Å²) in [6.45, 7) is 0. The molecule has 0 spiro atoms. The highest BCUT2D eigenvalue weighted by molar-refractivity contribution is 6.43. The predicted octanol–water partition coefficient (Wildman–Crippen LogP) is 4.43. The average molecular weight is 299 g/mol. The summed E-state index contributed by atoms with van der Waals surface area (Å²) in [6.07, 6.45) is -0.222. The second-order valence-electron chi connectivity index (χ2n) is 3.99. The van der Waals surface area contributed by atoms with E-state index in [-0.39, 0.29) is 11.4 Å². The van der Waals surface area contributed by atoms with Gasteiger partial charge < -0.3 is 5.11 Å². The highest BCUT2D eigenvalue weighted by atomic mass is 35.5. The van der Waals surface area contributed by atoms with Crippen LogP contribution in [0.15, 0.2) is 36.4 Å². The molecule has 19 heavy (non-hydrogen) atoms. The van der Waals surface area contributed by atoms with Crippen molar-refractivity contribution in [3.05, 3.63) is 57.8 Å². The number of carboxylic acids is 1. The molecule has 0 aliphatic carbocycles. The molecular formula is C14H9Cl2FO2. The zero-order chi connectivity index (χ0) is 14.0. The molecule has 2 rings (SSSR count). The number of hydrogen-bond donors (Lipinski definition) is 1. The van der Waals surface area contributed by atoms with E-state index in [1.54, 1.807) is 24.3 Å². The van der Waals surface area contributed by atoms with Gasteiger partial charge in [-0.2, -0.15) is 0 Å². The highest BCUT2D eigenvalue weighted by Crippen LogP contribution is 2.34. The lowest BCUT2D eigenvalue weighted by Gasteiger charge is -2.08. The molecule has 0 fully saturated rings. The van der Waals surface area contributed by atoms with Crippen LogP contribution in [-0.2, 0) is 11.2 Å². The number of carbonyl (C=O) groups is 1. The fourth-order valence-electron chi connectivity index (χ4n) is 1.77. The summed E-state index contributed by atoms with van der Waals surface area (Å²) in [5, 5.41) is 9.28. The lowest BCUT2D eigenvalue weighted by Crippen LogP contribution is -2.00. The van der Waals surface area contributed by atoms with Gasteiger partial charge in [0.1, 0.15) is 5.82 Å². The summed E-state index contributed by atoms with van der Waals surface area (Å²) in [4.78, 5) is 10.6. The molecule has 2 nitrogen and oxygen atoms in total. The molecule has 0 heterocycles. The van der Waals surface area contributed by atoms with E-state index < -0.39 is 11.8 Å². The minimum Gasteiger partial charge on any atom is -0.481 e. The van der Waals surface area contributed by atoms with E-state index in [1.165, 1.54) is 12.1 Å². The smallest absolute Gasteiger partial charge is 0.307 e. The Bertz CT molecular complexity index is 641. The molecule has 5 heteroatoms. The lowest BCUT2D eigenvalue weighted by atomic mass is 10.0. The Morgan fingerprint density at radius 3 is 2.53 bits per heavy atom. The molecule has 0 unspecified atom stereocenters. The molecule has 0 saturated heterocycles. The van der Waals surface area contributed by atoms with Gasteiger partial charge in [-0.15, -0.1) is 0 Å². The fraction of sp³-hybridized carbons (Fsp3) is 0.0714. The minimum atomic E-state index is -1.01. The third-order valence-electron chi connectivity index (χ3n) is 2.63. The number of aliphatic carboxylic acids is 1. The molecule has 98 valence electrons. The van der Waals surface area contributed by atoms with Crippen molar-refractivity contribution >= 4 is 29.2 Å². The van der Waals surface area contributed by atoms with E-state index in [0.717, 1.165) is 0 Å².